The van der Waals surface area contributed by atoms with Crippen LogP contribution in [-0.2, 0) is 0 Å². The van der Waals surface area contributed by atoms with Gasteiger partial charge in [-0.3, -0.25) is 4.79 Å². The fourth-order valence-corrected chi connectivity index (χ4v) is 2.45. The lowest BCUT2D eigenvalue weighted by molar-refractivity contribution is 0.102. The standard InChI is InChI=1S/C17H11BrFN3O2/c18-15-10-11(19)2-7-14(15)16(23)22-12-3-5-13(6-4-12)24-17-20-8-1-9-21-17/h1-10H,(H,22,23). The molecular formula is C17H11BrFN3O2. The van der Waals surface area contributed by atoms with Crippen LogP contribution in [0.3, 0.4) is 0 Å². The zero-order valence-electron chi connectivity index (χ0n) is 12.2. The summed E-state index contributed by atoms with van der Waals surface area (Å²) in [6, 6.07) is 12.6. The Labute approximate surface area is 145 Å². The van der Waals surface area contributed by atoms with E-state index in [-0.39, 0.29) is 11.9 Å². The van der Waals surface area contributed by atoms with Crippen LogP contribution in [-0.4, -0.2) is 15.9 Å². The van der Waals surface area contributed by atoms with E-state index in [1.54, 1.807) is 42.7 Å². The maximum absolute atomic E-state index is 13.1. The molecule has 0 unspecified atom stereocenters. The van der Waals surface area contributed by atoms with Crippen LogP contribution >= 0.6 is 15.9 Å². The van der Waals surface area contributed by atoms with Crippen molar-refractivity contribution in [2.45, 2.75) is 0 Å². The minimum Gasteiger partial charge on any atom is -0.424 e. The Morgan fingerprint density at radius 3 is 2.46 bits per heavy atom. The smallest absolute Gasteiger partial charge is 0.321 e. The van der Waals surface area contributed by atoms with Crippen molar-refractivity contribution < 1.29 is 13.9 Å². The molecule has 0 aliphatic heterocycles. The number of carbonyl (C=O) groups is 1. The highest BCUT2D eigenvalue weighted by atomic mass is 79.9. The number of rotatable bonds is 4. The van der Waals surface area contributed by atoms with Crippen molar-refractivity contribution in [2.75, 3.05) is 5.32 Å². The van der Waals surface area contributed by atoms with Crippen molar-refractivity contribution in [3.8, 4) is 11.8 Å². The Balaban J connectivity index is 1.68. The zero-order chi connectivity index (χ0) is 16.9. The van der Waals surface area contributed by atoms with E-state index in [0.717, 1.165) is 0 Å². The summed E-state index contributed by atoms with van der Waals surface area (Å²) >= 11 is 3.18. The SMILES string of the molecule is O=C(Nc1ccc(Oc2ncccn2)cc1)c1ccc(F)cc1Br. The van der Waals surface area contributed by atoms with Crippen LogP contribution in [0.4, 0.5) is 10.1 Å². The van der Waals surface area contributed by atoms with E-state index in [0.29, 0.717) is 21.5 Å². The van der Waals surface area contributed by atoms with E-state index in [1.165, 1.54) is 18.2 Å². The summed E-state index contributed by atoms with van der Waals surface area (Å²) in [6.07, 6.45) is 3.16. The number of carbonyl (C=O) groups excluding carboxylic acids is 1. The predicted molar refractivity (Wildman–Crippen MR) is 90.6 cm³/mol. The van der Waals surface area contributed by atoms with E-state index in [4.69, 9.17) is 4.74 Å². The van der Waals surface area contributed by atoms with Gasteiger partial charge in [-0.15, -0.1) is 0 Å². The number of hydrogen-bond donors (Lipinski definition) is 1. The topological polar surface area (TPSA) is 64.1 Å². The molecule has 3 aromatic rings. The van der Waals surface area contributed by atoms with Gasteiger partial charge in [0.2, 0.25) is 0 Å². The van der Waals surface area contributed by atoms with Crippen molar-refractivity contribution >= 4 is 27.5 Å². The third kappa shape index (κ3) is 3.94. The molecule has 3 rings (SSSR count). The van der Waals surface area contributed by atoms with Crippen LogP contribution in [0.2, 0.25) is 0 Å². The Hall–Kier alpha value is -2.80. The van der Waals surface area contributed by atoms with Crippen LogP contribution in [0.1, 0.15) is 10.4 Å². The fourth-order valence-electron chi connectivity index (χ4n) is 1.92. The minimum absolute atomic E-state index is 0.240. The van der Waals surface area contributed by atoms with Gasteiger partial charge >= 0.3 is 6.01 Å². The molecule has 1 amide bonds. The number of nitrogens with one attached hydrogen (secondary N) is 1. The molecule has 0 saturated heterocycles. The summed E-state index contributed by atoms with van der Waals surface area (Å²) in [4.78, 5) is 20.1. The summed E-state index contributed by atoms with van der Waals surface area (Å²) in [7, 11) is 0. The van der Waals surface area contributed by atoms with Gasteiger partial charge in [0.1, 0.15) is 11.6 Å². The molecule has 1 aromatic heterocycles. The first-order chi connectivity index (χ1) is 11.6. The summed E-state index contributed by atoms with van der Waals surface area (Å²) < 4.78 is 18.9. The molecule has 7 heteroatoms. The predicted octanol–water partition coefficient (Wildman–Crippen LogP) is 4.42. The number of benzene rings is 2. The molecule has 5 nitrogen and oxygen atoms in total. The number of amides is 1. The van der Waals surface area contributed by atoms with Crippen molar-refractivity contribution in [3.05, 3.63) is 76.8 Å². The number of nitrogens with zero attached hydrogens (tertiary/aromatic N) is 2. The first-order valence-electron chi connectivity index (χ1n) is 6.93. The maximum atomic E-state index is 13.1. The molecular weight excluding hydrogens is 377 g/mol. The third-order valence-corrected chi connectivity index (χ3v) is 3.70. The van der Waals surface area contributed by atoms with Crippen molar-refractivity contribution in [1.82, 2.24) is 9.97 Å². The summed E-state index contributed by atoms with van der Waals surface area (Å²) in [6.45, 7) is 0. The molecule has 2 aromatic carbocycles. The van der Waals surface area contributed by atoms with Crippen LogP contribution in [0, 0.1) is 5.82 Å². The van der Waals surface area contributed by atoms with Gasteiger partial charge in [-0.1, -0.05) is 0 Å². The lowest BCUT2D eigenvalue weighted by atomic mass is 10.2. The highest BCUT2D eigenvalue weighted by molar-refractivity contribution is 9.10. The first-order valence-corrected chi connectivity index (χ1v) is 7.72. The summed E-state index contributed by atoms with van der Waals surface area (Å²) in [5, 5.41) is 2.73. The Bertz CT molecular complexity index is 857. The van der Waals surface area contributed by atoms with Gasteiger partial charge in [0.05, 0.1) is 5.56 Å². The highest BCUT2D eigenvalue weighted by Gasteiger charge is 2.11. The van der Waals surface area contributed by atoms with Gasteiger partial charge in [-0.05, 0) is 64.5 Å². The van der Waals surface area contributed by atoms with E-state index < -0.39 is 5.82 Å². The van der Waals surface area contributed by atoms with Crippen LogP contribution in [0.15, 0.2) is 65.4 Å². The van der Waals surface area contributed by atoms with Crippen LogP contribution in [0.25, 0.3) is 0 Å². The van der Waals surface area contributed by atoms with Crippen molar-refractivity contribution in [2.24, 2.45) is 0 Å². The van der Waals surface area contributed by atoms with Gasteiger partial charge in [0.25, 0.3) is 5.91 Å². The normalized spacial score (nSPS) is 10.2. The molecule has 0 radical (unpaired) electrons. The molecule has 0 saturated carbocycles. The molecule has 120 valence electrons. The first kappa shape index (κ1) is 16.1. The van der Waals surface area contributed by atoms with Crippen LogP contribution in [0.5, 0.6) is 11.8 Å². The molecule has 0 aliphatic carbocycles. The lowest BCUT2D eigenvalue weighted by Gasteiger charge is -2.08. The van der Waals surface area contributed by atoms with Gasteiger partial charge in [-0.2, -0.15) is 0 Å². The molecule has 0 bridgehead atoms. The van der Waals surface area contributed by atoms with E-state index in [9.17, 15) is 9.18 Å². The number of ether oxygens (including phenoxy) is 1. The van der Waals surface area contributed by atoms with Gasteiger partial charge < -0.3 is 10.1 Å². The Morgan fingerprint density at radius 2 is 1.79 bits per heavy atom. The van der Waals surface area contributed by atoms with Crippen LogP contribution < -0.4 is 10.1 Å². The molecule has 0 spiro atoms. The highest BCUT2D eigenvalue weighted by Crippen LogP contribution is 2.22. The van der Waals surface area contributed by atoms with E-state index >= 15 is 0 Å². The lowest BCUT2D eigenvalue weighted by Crippen LogP contribution is -2.12. The molecule has 0 aliphatic rings. The number of aromatic nitrogens is 2. The Kier molecular flexibility index (Phi) is 4.81. The van der Waals surface area contributed by atoms with Crippen molar-refractivity contribution in [1.29, 1.82) is 0 Å². The molecule has 1 N–H and O–H groups in total. The second-order valence-electron chi connectivity index (χ2n) is 4.74. The number of hydrogen-bond acceptors (Lipinski definition) is 4. The van der Waals surface area contributed by atoms with E-state index in [1.807, 2.05) is 0 Å². The monoisotopic (exact) mass is 387 g/mol. The van der Waals surface area contributed by atoms with Gasteiger partial charge in [0, 0.05) is 22.6 Å². The molecule has 24 heavy (non-hydrogen) atoms. The van der Waals surface area contributed by atoms with Gasteiger partial charge in [-0.25, -0.2) is 14.4 Å². The second-order valence-corrected chi connectivity index (χ2v) is 5.59. The summed E-state index contributed by atoms with van der Waals surface area (Å²) in [5.74, 6) is -0.216. The maximum Gasteiger partial charge on any atom is 0.321 e. The number of halogens is 2. The fraction of sp³-hybridized carbons (Fsp3) is 0. The van der Waals surface area contributed by atoms with E-state index in [2.05, 4.69) is 31.2 Å². The Morgan fingerprint density at radius 1 is 1.08 bits per heavy atom. The van der Waals surface area contributed by atoms with Gasteiger partial charge in [0.15, 0.2) is 0 Å². The zero-order valence-corrected chi connectivity index (χ0v) is 13.8. The summed E-state index contributed by atoms with van der Waals surface area (Å²) in [5.41, 5.74) is 0.923. The average molecular weight is 388 g/mol. The molecule has 0 fully saturated rings. The average Bonchev–Trinajstić information content (AvgIpc) is 2.57. The molecule has 0 atom stereocenters. The third-order valence-electron chi connectivity index (χ3n) is 3.04. The minimum atomic E-state index is -0.414. The largest absolute Gasteiger partial charge is 0.424 e. The molecule has 1 heterocycles. The number of anilines is 1. The quantitative estimate of drug-likeness (QED) is 0.719. The second kappa shape index (κ2) is 7.18. The van der Waals surface area contributed by atoms with Crippen molar-refractivity contribution in [3.63, 3.8) is 0 Å².